The van der Waals surface area contributed by atoms with Gasteiger partial charge in [-0.05, 0) is 83.1 Å². The first kappa shape index (κ1) is 26.0. The fourth-order valence-corrected chi connectivity index (χ4v) is 5.97. The summed E-state index contributed by atoms with van der Waals surface area (Å²) in [6.45, 7) is 0. The Bertz CT molecular complexity index is 1800. The molecule has 198 valence electrons. The molecule has 0 aliphatic rings. The van der Waals surface area contributed by atoms with Crippen LogP contribution in [0.5, 0.6) is 0 Å². The highest BCUT2D eigenvalue weighted by Gasteiger charge is 2.18. The summed E-state index contributed by atoms with van der Waals surface area (Å²) >= 11 is 3.35. The number of nitrogens with one attached hydrogen (secondary N) is 1. The zero-order valence-electron chi connectivity index (χ0n) is 21.6. The molecular weight excluding hydrogens is 549 g/mol. The molecule has 0 unspecified atom stereocenters. The van der Waals surface area contributed by atoms with Crippen molar-refractivity contribution in [3.05, 3.63) is 125 Å². The molecule has 8 heteroatoms. The van der Waals surface area contributed by atoms with Crippen molar-refractivity contribution >= 4 is 51.8 Å². The van der Waals surface area contributed by atoms with Crippen LogP contribution < -0.4 is 4.90 Å². The first-order valence-corrected chi connectivity index (χ1v) is 14.4. The van der Waals surface area contributed by atoms with Gasteiger partial charge in [0.05, 0.1) is 15.4 Å². The Hall–Kier alpha value is -5.23. The number of aliphatic carboxylic acids is 1. The molecule has 0 spiro atoms. The predicted molar refractivity (Wildman–Crippen MR) is 167 cm³/mol. The van der Waals surface area contributed by atoms with Crippen LogP contribution in [-0.2, 0) is 4.79 Å². The van der Waals surface area contributed by atoms with Gasteiger partial charge in [-0.2, -0.15) is 5.26 Å². The number of benzene rings is 3. The minimum Gasteiger partial charge on any atom is -0.477 e. The highest BCUT2D eigenvalue weighted by molar-refractivity contribution is 7.14. The molecule has 0 aliphatic heterocycles. The van der Waals surface area contributed by atoms with Gasteiger partial charge in [0.2, 0.25) is 0 Å². The number of aromatic amines is 1. The quantitative estimate of drug-likeness (QED) is 0.141. The molecule has 3 heterocycles. The zero-order valence-corrected chi connectivity index (χ0v) is 23.2. The molecule has 6 aromatic rings. The summed E-state index contributed by atoms with van der Waals surface area (Å²) in [7, 11) is 0. The maximum atomic E-state index is 11.2. The van der Waals surface area contributed by atoms with Crippen LogP contribution in [0.1, 0.15) is 5.56 Å². The van der Waals surface area contributed by atoms with Gasteiger partial charge in [-0.15, -0.1) is 22.7 Å². The maximum Gasteiger partial charge on any atom is 0.346 e. The third kappa shape index (κ3) is 5.45. The number of rotatable bonds is 8. The van der Waals surface area contributed by atoms with Crippen molar-refractivity contribution in [2.45, 2.75) is 0 Å². The van der Waals surface area contributed by atoms with Gasteiger partial charge in [0, 0.05) is 22.6 Å². The largest absolute Gasteiger partial charge is 0.477 e. The number of anilines is 3. The van der Waals surface area contributed by atoms with Gasteiger partial charge in [-0.1, -0.05) is 42.5 Å². The van der Waals surface area contributed by atoms with Gasteiger partial charge in [-0.3, -0.25) is 0 Å². The third-order valence-electron chi connectivity index (χ3n) is 6.45. The molecule has 0 bridgehead atoms. The number of thiophene rings is 2. The second kappa shape index (κ2) is 11.5. The Kier molecular flexibility index (Phi) is 7.28. The van der Waals surface area contributed by atoms with Crippen LogP contribution in [0.3, 0.4) is 0 Å². The van der Waals surface area contributed by atoms with E-state index >= 15 is 0 Å². The summed E-state index contributed by atoms with van der Waals surface area (Å²) in [6, 6.07) is 35.7. The van der Waals surface area contributed by atoms with E-state index in [4.69, 9.17) is 10.2 Å². The molecule has 0 amide bonds. The van der Waals surface area contributed by atoms with Crippen LogP contribution in [-0.4, -0.2) is 21.0 Å². The number of carbonyl (C=O) groups is 1. The van der Waals surface area contributed by atoms with Gasteiger partial charge in [0.25, 0.3) is 0 Å². The molecule has 6 rings (SSSR count). The topological polar surface area (TPSA) is 93.0 Å². The van der Waals surface area contributed by atoms with E-state index in [1.54, 1.807) is 40.9 Å². The van der Waals surface area contributed by atoms with Crippen LogP contribution in [0.15, 0.2) is 119 Å². The molecule has 41 heavy (non-hydrogen) atoms. The average molecular weight is 571 g/mol. The van der Waals surface area contributed by atoms with Crippen LogP contribution >= 0.6 is 22.7 Å². The fraction of sp³-hybridized carbons (Fsp3) is 0. The maximum absolute atomic E-state index is 11.2. The molecule has 0 saturated carbocycles. The number of carboxylic acid groups (broad SMARTS) is 1. The predicted octanol–water partition coefficient (Wildman–Crippen LogP) is 9.00. The molecule has 3 aromatic heterocycles. The van der Waals surface area contributed by atoms with Crippen LogP contribution in [0.25, 0.3) is 38.6 Å². The highest BCUT2D eigenvalue weighted by Crippen LogP contribution is 2.39. The summed E-state index contributed by atoms with van der Waals surface area (Å²) < 4.78 is 0. The Labute approximate surface area is 244 Å². The lowest BCUT2D eigenvalue weighted by molar-refractivity contribution is -0.132. The molecule has 0 fully saturated rings. The average Bonchev–Trinajstić information content (AvgIpc) is 3.79. The summed E-state index contributed by atoms with van der Waals surface area (Å²) in [4.78, 5) is 24.2. The van der Waals surface area contributed by atoms with E-state index in [0.717, 1.165) is 49.6 Å². The van der Waals surface area contributed by atoms with Crippen LogP contribution in [0.2, 0.25) is 0 Å². The fourth-order valence-electron chi connectivity index (χ4n) is 4.52. The van der Waals surface area contributed by atoms with Crippen molar-refractivity contribution in [1.82, 2.24) is 9.97 Å². The smallest absolute Gasteiger partial charge is 0.346 e. The first-order valence-electron chi connectivity index (χ1n) is 12.7. The molecular formula is C33H22N4O2S2. The molecule has 3 aromatic carbocycles. The summed E-state index contributed by atoms with van der Waals surface area (Å²) in [5, 5.41) is 22.4. The Balaban J connectivity index is 1.36. The second-order valence-electron chi connectivity index (χ2n) is 9.05. The number of hydrogen-bond acceptors (Lipinski definition) is 6. The number of carboxylic acids is 1. The van der Waals surface area contributed by atoms with Gasteiger partial charge >= 0.3 is 5.97 Å². The van der Waals surface area contributed by atoms with E-state index in [9.17, 15) is 9.90 Å². The standard InChI is InChI=1S/C33H22N4O2S2/c34-21-24(33(38)39)20-22-10-14-26(15-11-22)37(25-6-2-1-3-7-25)27-16-12-23(13-17-27)32-35-30(28-8-4-18-40-28)31(36-32)29-9-5-19-41-29/h1-20H,(H,35,36)(H,38,39)/b24-20-. The van der Waals surface area contributed by atoms with E-state index in [1.807, 2.05) is 54.6 Å². The van der Waals surface area contributed by atoms with E-state index in [0.29, 0.717) is 5.56 Å². The van der Waals surface area contributed by atoms with Crippen molar-refractivity contribution in [2.75, 3.05) is 4.90 Å². The molecule has 0 saturated heterocycles. The Morgan fingerprint density at radius 2 is 1.41 bits per heavy atom. The van der Waals surface area contributed by atoms with Gasteiger partial charge in [0.1, 0.15) is 23.2 Å². The van der Waals surface area contributed by atoms with Crippen molar-refractivity contribution in [2.24, 2.45) is 0 Å². The summed E-state index contributed by atoms with van der Waals surface area (Å²) in [5.74, 6) is -0.443. The lowest BCUT2D eigenvalue weighted by Crippen LogP contribution is -2.09. The number of para-hydroxylation sites is 1. The van der Waals surface area contributed by atoms with E-state index in [2.05, 4.69) is 57.0 Å². The minimum atomic E-state index is -1.25. The van der Waals surface area contributed by atoms with E-state index in [-0.39, 0.29) is 5.57 Å². The number of hydrogen-bond donors (Lipinski definition) is 2. The molecule has 0 atom stereocenters. The molecule has 2 N–H and O–H groups in total. The zero-order chi connectivity index (χ0) is 28.2. The monoisotopic (exact) mass is 570 g/mol. The molecule has 6 nitrogen and oxygen atoms in total. The number of nitrogens with zero attached hydrogens (tertiary/aromatic N) is 3. The summed E-state index contributed by atoms with van der Waals surface area (Å²) in [5.41, 5.74) is 6.09. The van der Waals surface area contributed by atoms with Crippen molar-refractivity contribution in [3.63, 3.8) is 0 Å². The van der Waals surface area contributed by atoms with Gasteiger partial charge < -0.3 is 15.0 Å². The Morgan fingerprint density at radius 3 is 2.00 bits per heavy atom. The molecule has 0 aliphatic carbocycles. The van der Waals surface area contributed by atoms with Crippen LogP contribution in [0.4, 0.5) is 17.1 Å². The summed E-state index contributed by atoms with van der Waals surface area (Å²) in [6.07, 6.45) is 1.37. The van der Waals surface area contributed by atoms with E-state index in [1.165, 1.54) is 6.08 Å². The SMILES string of the molecule is N#C/C(=C/c1ccc(N(c2ccccc2)c2ccc(-c3nc(-c4cccs4)c(-c4cccs4)[nH]3)cc2)cc1)C(=O)O. The number of H-pyrrole nitrogens is 1. The highest BCUT2D eigenvalue weighted by atomic mass is 32.1. The van der Waals surface area contributed by atoms with Crippen molar-refractivity contribution < 1.29 is 9.90 Å². The third-order valence-corrected chi connectivity index (χ3v) is 8.22. The first-order chi connectivity index (χ1) is 20.1. The van der Waals surface area contributed by atoms with E-state index < -0.39 is 5.97 Å². The lowest BCUT2D eigenvalue weighted by Gasteiger charge is -2.25. The lowest BCUT2D eigenvalue weighted by atomic mass is 10.1. The number of imidazole rings is 1. The normalized spacial score (nSPS) is 11.2. The van der Waals surface area contributed by atoms with Crippen molar-refractivity contribution in [1.29, 1.82) is 5.26 Å². The Morgan fingerprint density at radius 1 is 0.805 bits per heavy atom. The number of nitriles is 1. The van der Waals surface area contributed by atoms with Crippen LogP contribution in [0, 0.1) is 11.3 Å². The minimum absolute atomic E-state index is 0.310. The second-order valence-corrected chi connectivity index (χ2v) is 10.9. The number of aromatic nitrogens is 2. The van der Waals surface area contributed by atoms with Gasteiger partial charge in [-0.25, -0.2) is 9.78 Å². The van der Waals surface area contributed by atoms with Gasteiger partial charge in [0.15, 0.2) is 0 Å². The van der Waals surface area contributed by atoms with Crippen molar-refractivity contribution in [3.8, 4) is 38.6 Å². The molecule has 0 radical (unpaired) electrons.